The average Bonchev–Trinajstić information content (AvgIpc) is 3.75. The molecule has 1 aromatic heterocycles. The minimum atomic E-state index is -0.548. The summed E-state index contributed by atoms with van der Waals surface area (Å²) in [5, 5.41) is 37.9. The standard InChI is InChI=1S/C46H59N3O6/c1-33-16-17-35(31-49-25-23-37(32-49)48-42-14-9-12-36-30-47-24-22-39(36)42)28-45(33)54-26-27-55-46(53)15-8-3-2-7-13-40-41(44(52)29-43(40)51)21-20-38(50)19-18-34-10-5-4-6-11-34/h2,4-7,9-12,14,16-17,22,24,28,30,37-38,40-41,43-44,48,50-52H,3,8,13,15,18-21,23,25-27,29,31-32H2,1H3/t37-,38+,40-,41-,43+,44-/m1/s1. The van der Waals surface area contributed by atoms with Gasteiger partial charge >= 0.3 is 5.97 Å². The summed E-state index contributed by atoms with van der Waals surface area (Å²) in [4.78, 5) is 19.1. The van der Waals surface area contributed by atoms with Crippen molar-refractivity contribution in [2.24, 2.45) is 11.8 Å². The van der Waals surface area contributed by atoms with Crippen molar-refractivity contribution in [3.63, 3.8) is 0 Å². The van der Waals surface area contributed by atoms with Crippen LogP contribution >= 0.6 is 0 Å². The number of fused-ring (bicyclic) bond motifs is 1. The van der Waals surface area contributed by atoms with Crippen LogP contribution < -0.4 is 10.1 Å². The summed E-state index contributed by atoms with van der Waals surface area (Å²) < 4.78 is 11.5. The third kappa shape index (κ3) is 12.1. The molecule has 1 aliphatic heterocycles. The van der Waals surface area contributed by atoms with Crippen LogP contribution in [-0.2, 0) is 22.5 Å². The predicted octanol–water partition coefficient (Wildman–Crippen LogP) is 7.40. The van der Waals surface area contributed by atoms with E-state index in [0.717, 1.165) is 61.3 Å². The zero-order valence-electron chi connectivity index (χ0n) is 32.3. The topological polar surface area (TPSA) is 124 Å². The number of likely N-dealkylation sites (tertiary alicyclic amines) is 1. The zero-order valence-corrected chi connectivity index (χ0v) is 32.3. The van der Waals surface area contributed by atoms with E-state index in [9.17, 15) is 20.1 Å². The molecule has 1 saturated heterocycles. The Labute approximate surface area is 326 Å². The number of carbonyl (C=O) groups excluding carboxylic acids is 1. The second kappa shape index (κ2) is 20.6. The van der Waals surface area contributed by atoms with Crippen LogP contribution in [0, 0.1) is 18.8 Å². The smallest absolute Gasteiger partial charge is 0.305 e. The van der Waals surface area contributed by atoms with Gasteiger partial charge in [-0.05, 0) is 111 Å². The number of aliphatic hydroxyl groups is 3. The van der Waals surface area contributed by atoms with E-state index in [4.69, 9.17) is 9.47 Å². The maximum absolute atomic E-state index is 12.4. The number of allylic oxidation sites excluding steroid dienone is 2. The molecule has 0 spiro atoms. The van der Waals surface area contributed by atoms with Crippen molar-refractivity contribution in [3.8, 4) is 5.75 Å². The van der Waals surface area contributed by atoms with E-state index >= 15 is 0 Å². The first-order chi connectivity index (χ1) is 26.8. The molecule has 2 fully saturated rings. The first-order valence-electron chi connectivity index (χ1n) is 20.2. The van der Waals surface area contributed by atoms with E-state index in [-0.39, 0.29) is 24.4 Å². The van der Waals surface area contributed by atoms with E-state index in [1.807, 2.05) is 37.5 Å². The number of aryl methyl sites for hydroxylation is 2. The normalized spacial score (nSPS) is 22.0. The monoisotopic (exact) mass is 749 g/mol. The van der Waals surface area contributed by atoms with Crippen molar-refractivity contribution in [2.45, 2.75) is 102 Å². The molecule has 55 heavy (non-hydrogen) atoms. The number of ether oxygens (including phenoxy) is 2. The lowest BCUT2D eigenvalue weighted by molar-refractivity contribution is -0.144. The summed E-state index contributed by atoms with van der Waals surface area (Å²) >= 11 is 0. The lowest BCUT2D eigenvalue weighted by Crippen LogP contribution is -2.26. The molecule has 4 aromatic rings. The fraction of sp³-hybridized carbons (Fsp3) is 0.478. The molecular formula is C46H59N3O6. The highest BCUT2D eigenvalue weighted by Gasteiger charge is 2.40. The third-order valence-electron chi connectivity index (χ3n) is 11.4. The number of pyridine rings is 1. The number of carbonyl (C=O) groups is 1. The molecule has 0 bridgehead atoms. The second-order valence-corrected chi connectivity index (χ2v) is 15.5. The van der Waals surface area contributed by atoms with Crippen molar-refractivity contribution < 1.29 is 29.6 Å². The van der Waals surface area contributed by atoms with Crippen LogP contribution in [0.2, 0.25) is 0 Å². The number of esters is 1. The molecule has 9 heteroatoms. The largest absolute Gasteiger partial charge is 0.490 e. The predicted molar refractivity (Wildman–Crippen MR) is 218 cm³/mol. The molecule has 2 heterocycles. The Morgan fingerprint density at radius 1 is 0.982 bits per heavy atom. The van der Waals surface area contributed by atoms with Crippen molar-refractivity contribution in [1.29, 1.82) is 0 Å². The number of unbranched alkanes of at least 4 members (excludes halogenated alkanes) is 1. The Hall–Kier alpha value is -4.28. The Bertz CT molecular complexity index is 1810. The fourth-order valence-corrected chi connectivity index (χ4v) is 8.25. The Morgan fingerprint density at radius 2 is 1.84 bits per heavy atom. The number of anilines is 1. The number of hydrogen-bond acceptors (Lipinski definition) is 9. The van der Waals surface area contributed by atoms with Gasteiger partial charge in [0.15, 0.2) is 0 Å². The van der Waals surface area contributed by atoms with E-state index in [2.05, 4.69) is 82.0 Å². The first-order valence-corrected chi connectivity index (χ1v) is 20.2. The van der Waals surface area contributed by atoms with Gasteiger partial charge in [-0.25, -0.2) is 0 Å². The van der Waals surface area contributed by atoms with Crippen molar-refractivity contribution in [1.82, 2.24) is 9.88 Å². The van der Waals surface area contributed by atoms with Crippen LogP contribution in [-0.4, -0.2) is 81.8 Å². The number of nitrogens with zero attached hydrogens (tertiary/aromatic N) is 2. The van der Waals surface area contributed by atoms with Gasteiger partial charge in [-0.3, -0.25) is 14.7 Å². The Balaban J connectivity index is 0.838. The van der Waals surface area contributed by atoms with Gasteiger partial charge in [0.1, 0.15) is 19.0 Å². The van der Waals surface area contributed by atoms with Crippen LogP contribution in [0.1, 0.15) is 74.5 Å². The number of nitrogens with one attached hydrogen (secondary N) is 1. The van der Waals surface area contributed by atoms with Gasteiger partial charge in [0.2, 0.25) is 0 Å². The highest BCUT2D eigenvalue weighted by molar-refractivity contribution is 5.93. The number of aliphatic hydroxyl groups excluding tert-OH is 3. The molecule has 6 atom stereocenters. The molecule has 1 saturated carbocycles. The Kier molecular flexibility index (Phi) is 15.1. The molecule has 0 amide bonds. The van der Waals surface area contributed by atoms with E-state index < -0.39 is 18.3 Å². The first kappa shape index (κ1) is 40.4. The van der Waals surface area contributed by atoms with Crippen LogP contribution in [0.5, 0.6) is 5.75 Å². The minimum Gasteiger partial charge on any atom is -0.490 e. The fourth-order valence-electron chi connectivity index (χ4n) is 8.25. The maximum Gasteiger partial charge on any atom is 0.305 e. The average molecular weight is 750 g/mol. The molecule has 9 nitrogen and oxygen atoms in total. The summed E-state index contributed by atoms with van der Waals surface area (Å²) in [6, 6.07) is 25.3. The molecule has 0 unspecified atom stereocenters. The molecule has 6 rings (SSSR count). The maximum atomic E-state index is 12.4. The number of aromatic nitrogens is 1. The van der Waals surface area contributed by atoms with Crippen molar-refractivity contribution in [3.05, 3.63) is 114 Å². The van der Waals surface area contributed by atoms with Gasteiger partial charge in [-0.1, -0.05) is 66.7 Å². The zero-order chi connectivity index (χ0) is 38.4. The Morgan fingerprint density at radius 3 is 2.71 bits per heavy atom. The summed E-state index contributed by atoms with van der Waals surface area (Å²) in [6.45, 7) is 5.37. The second-order valence-electron chi connectivity index (χ2n) is 15.5. The van der Waals surface area contributed by atoms with Gasteiger partial charge in [0.25, 0.3) is 0 Å². The summed E-state index contributed by atoms with van der Waals surface area (Å²) in [5.41, 5.74) is 4.62. The minimum absolute atomic E-state index is 0.0312. The van der Waals surface area contributed by atoms with Gasteiger partial charge in [0, 0.05) is 61.0 Å². The molecule has 4 N–H and O–H groups in total. The summed E-state index contributed by atoms with van der Waals surface area (Å²) in [5.74, 6) is 0.518. The molecule has 1 aliphatic carbocycles. The molecule has 0 radical (unpaired) electrons. The third-order valence-corrected chi connectivity index (χ3v) is 11.4. The van der Waals surface area contributed by atoms with E-state index in [1.54, 1.807) is 0 Å². The van der Waals surface area contributed by atoms with Crippen LogP contribution in [0.4, 0.5) is 5.69 Å². The SMILES string of the molecule is Cc1ccc(CN2CC[C@@H](Nc3cccc4cnccc34)C2)cc1OCCOC(=O)CCCC=CC[C@@H]1[C@@H](CC[C@@H](O)CCc2ccccc2)[C@H](O)C[C@@H]1O. The molecule has 2 aliphatic rings. The number of rotatable bonds is 20. The van der Waals surface area contributed by atoms with E-state index in [1.165, 1.54) is 16.5 Å². The number of hydrogen-bond donors (Lipinski definition) is 4. The van der Waals surface area contributed by atoms with Crippen LogP contribution in [0.25, 0.3) is 10.8 Å². The van der Waals surface area contributed by atoms with Gasteiger partial charge in [0.05, 0.1) is 18.3 Å². The van der Waals surface area contributed by atoms with E-state index in [0.29, 0.717) is 57.6 Å². The molecule has 3 aromatic carbocycles. The number of benzene rings is 3. The molecule has 294 valence electrons. The van der Waals surface area contributed by atoms with Gasteiger partial charge in [-0.15, -0.1) is 0 Å². The van der Waals surface area contributed by atoms with Gasteiger partial charge < -0.3 is 30.1 Å². The highest BCUT2D eigenvalue weighted by atomic mass is 16.6. The van der Waals surface area contributed by atoms with Crippen LogP contribution in [0.15, 0.2) is 97.3 Å². The summed E-state index contributed by atoms with van der Waals surface area (Å²) in [7, 11) is 0. The molecular weight excluding hydrogens is 691 g/mol. The van der Waals surface area contributed by atoms with Crippen LogP contribution in [0.3, 0.4) is 0 Å². The van der Waals surface area contributed by atoms with Gasteiger partial charge in [-0.2, -0.15) is 0 Å². The summed E-state index contributed by atoms with van der Waals surface area (Å²) in [6.07, 6.45) is 13.0. The lowest BCUT2D eigenvalue weighted by atomic mass is 9.85. The highest BCUT2D eigenvalue weighted by Crippen LogP contribution is 2.38. The lowest BCUT2D eigenvalue weighted by Gasteiger charge is -2.23. The van der Waals surface area contributed by atoms with Crippen molar-refractivity contribution in [2.75, 3.05) is 31.6 Å². The quantitative estimate of drug-likeness (QED) is 0.0416. The van der Waals surface area contributed by atoms with Crippen molar-refractivity contribution >= 4 is 22.4 Å².